The Morgan fingerprint density at radius 2 is 2.20 bits per heavy atom. The van der Waals surface area contributed by atoms with E-state index >= 15 is 0 Å². The molecular weight excluding hydrogens is 120 g/mol. The molecule has 0 heterocycles. The van der Waals surface area contributed by atoms with Crippen LogP contribution in [0.3, 0.4) is 0 Å². The fraction of sp³-hybridized carbons (Fsp3) is 0.400. The van der Waals surface area contributed by atoms with Crippen LogP contribution in [-0.4, -0.2) is 0 Å². The normalized spacial score (nSPS) is 10.1. The average molecular weight is 136 g/mol. The van der Waals surface area contributed by atoms with Crippen LogP contribution in [0.5, 0.6) is 0 Å². The van der Waals surface area contributed by atoms with Gasteiger partial charge in [0.25, 0.3) is 0 Å². The van der Waals surface area contributed by atoms with Gasteiger partial charge < -0.3 is 0 Å². The molecule has 0 nitrogen and oxygen atoms in total. The van der Waals surface area contributed by atoms with Gasteiger partial charge in [-0.15, -0.1) is 6.58 Å². The molecule has 0 spiro atoms. The summed E-state index contributed by atoms with van der Waals surface area (Å²) in [5, 5.41) is 0. The van der Waals surface area contributed by atoms with E-state index in [2.05, 4.69) is 26.2 Å². The Morgan fingerprint density at radius 3 is 2.70 bits per heavy atom. The van der Waals surface area contributed by atoms with Crippen molar-refractivity contribution in [2.45, 2.75) is 26.2 Å². The van der Waals surface area contributed by atoms with Crippen molar-refractivity contribution in [3.05, 3.63) is 37.0 Å². The molecule has 0 unspecified atom stereocenters. The lowest BCUT2D eigenvalue weighted by atomic mass is 10.1. The summed E-state index contributed by atoms with van der Waals surface area (Å²) in [4.78, 5) is 0. The van der Waals surface area contributed by atoms with E-state index in [1.165, 1.54) is 12.0 Å². The lowest BCUT2D eigenvalue weighted by Gasteiger charge is -1.93. The van der Waals surface area contributed by atoms with Crippen LogP contribution in [0.2, 0.25) is 0 Å². The van der Waals surface area contributed by atoms with Gasteiger partial charge in [0.05, 0.1) is 0 Å². The predicted molar refractivity (Wildman–Crippen MR) is 48.0 cm³/mol. The average Bonchev–Trinajstić information content (AvgIpc) is 1.87. The standard InChI is InChI=1S/C10H16/c1-4-5-6-7-8-9-10(2)3/h4-6H,1-2,7-9H2,3H3/b6-5-. The van der Waals surface area contributed by atoms with Crippen LogP contribution >= 0.6 is 0 Å². The Balaban J connectivity index is 3.12. The lowest BCUT2D eigenvalue weighted by molar-refractivity contribution is 0.835. The second-order valence-electron chi connectivity index (χ2n) is 2.51. The molecule has 0 fully saturated rings. The van der Waals surface area contributed by atoms with E-state index in [9.17, 15) is 0 Å². The fourth-order valence-electron chi connectivity index (χ4n) is 0.714. The summed E-state index contributed by atoms with van der Waals surface area (Å²) < 4.78 is 0. The Hall–Kier alpha value is -0.780. The minimum atomic E-state index is 1.14. The van der Waals surface area contributed by atoms with Crippen molar-refractivity contribution in [1.82, 2.24) is 0 Å². The highest BCUT2D eigenvalue weighted by molar-refractivity contribution is 4.97. The number of hydrogen-bond donors (Lipinski definition) is 0. The molecule has 0 aliphatic rings. The maximum atomic E-state index is 3.83. The SMILES string of the molecule is C=C/C=C\CCCC(=C)C. The maximum absolute atomic E-state index is 3.83. The summed E-state index contributed by atoms with van der Waals surface area (Å²) in [5.41, 5.74) is 1.27. The molecule has 0 rings (SSSR count). The molecule has 0 aliphatic carbocycles. The zero-order valence-corrected chi connectivity index (χ0v) is 6.77. The molecule has 0 aliphatic heterocycles. The first-order valence-electron chi connectivity index (χ1n) is 3.69. The zero-order chi connectivity index (χ0) is 7.82. The number of rotatable bonds is 5. The predicted octanol–water partition coefficient (Wildman–Crippen LogP) is 3.48. The smallest absolute Gasteiger partial charge is 0.0323 e. The highest BCUT2D eigenvalue weighted by Gasteiger charge is 1.83. The highest BCUT2D eigenvalue weighted by Crippen LogP contribution is 2.03. The van der Waals surface area contributed by atoms with E-state index in [-0.39, 0.29) is 0 Å². The van der Waals surface area contributed by atoms with Crippen molar-refractivity contribution in [3.8, 4) is 0 Å². The van der Waals surface area contributed by atoms with Gasteiger partial charge in [-0.2, -0.15) is 0 Å². The van der Waals surface area contributed by atoms with Gasteiger partial charge in [0.2, 0.25) is 0 Å². The molecule has 0 heteroatoms. The largest absolute Gasteiger partial charge is 0.100 e. The molecule has 0 aromatic rings. The summed E-state index contributed by atoms with van der Waals surface area (Å²) in [6.45, 7) is 9.48. The van der Waals surface area contributed by atoms with Gasteiger partial charge in [0.15, 0.2) is 0 Å². The Kier molecular flexibility index (Phi) is 5.85. The van der Waals surface area contributed by atoms with E-state index in [0.29, 0.717) is 0 Å². The Morgan fingerprint density at radius 1 is 1.50 bits per heavy atom. The molecule has 0 radical (unpaired) electrons. The first kappa shape index (κ1) is 9.22. The van der Waals surface area contributed by atoms with Crippen molar-refractivity contribution < 1.29 is 0 Å². The Bertz CT molecular complexity index is 129. The van der Waals surface area contributed by atoms with E-state index in [1.807, 2.05) is 6.08 Å². The van der Waals surface area contributed by atoms with E-state index < -0.39 is 0 Å². The number of hydrogen-bond acceptors (Lipinski definition) is 0. The van der Waals surface area contributed by atoms with Crippen molar-refractivity contribution in [2.24, 2.45) is 0 Å². The molecule has 0 aromatic carbocycles. The summed E-state index contributed by atoms with van der Waals surface area (Å²) in [7, 11) is 0. The molecule has 0 atom stereocenters. The zero-order valence-electron chi connectivity index (χ0n) is 6.77. The topological polar surface area (TPSA) is 0 Å². The molecule has 10 heavy (non-hydrogen) atoms. The fourth-order valence-corrected chi connectivity index (χ4v) is 0.714. The van der Waals surface area contributed by atoms with Crippen LogP contribution < -0.4 is 0 Å². The minimum absolute atomic E-state index is 1.14. The second kappa shape index (κ2) is 6.34. The van der Waals surface area contributed by atoms with E-state index in [1.54, 1.807) is 6.08 Å². The molecule has 0 amide bonds. The third-order valence-corrected chi connectivity index (χ3v) is 1.25. The lowest BCUT2D eigenvalue weighted by Crippen LogP contribution is -1.73. The minimum Gasteiger partial charge on any atom is -0.100 e. The van der Waals surface area contributed by atoms with Gasteiger partial charge >= 0.3 is 0 Å². The van der Waals surface area contributed by atoms with Crippen molar-refractivity contribution in [2.75, 3.05) is 0 Å². The van der Waals surface area contributed by atoms with Crippen molar-refractivity contribution >= 4 is 0 Å². The van der Waals surface area contributed by atoms with Crippen LogP contribution in [-0.2, 0) is 0 Å². The summed E-state index contributed by atoms with van der Waals surface area (Å²) in [5.74, 6) is 0. The van der Waals surface area contributed by atoms with Gasteiger partial charge in [-0.1, -0.05) is 30.4 Å². The number of unbranched alkanes of at least 4 members (excludes halogenated alkanes) is 1. The van der Waals surface area contributed by atoms with E-state index in [0.717, 1.165) is 12.8 Å². The second-order valence-corrected chi connectivity index (χ2v) is 2.51. The van der Waals surface area contributed by atoms with Gasteiger partial charge in [-0.25, -0.2) is 0 Å². The Labute approximate surface area is 64.0 Å². The van der Waals surface area contributed by atoms with Crippen molar-refractivity contribution in [1.29, 1.82) is 0 Å². The van der Waals surface area contributed by atoms with Crippen molar-refractivity contribution in [3.63, 3.8) is 0 Å². The first-order valence-corrected chi connectivity index (χ1v) is 3.69. The number of allylic oxidation sites excluding steroid dienone is 4. The van der Waals surface area contributed by atoms with E-state index in [4.69, 9.17) is 0 Å². The molecule has 0 saturated heterocycles. The summed E-state index contributed by atoms with van der Waals surface area (Å²) >= 11 is 0. The maximum Gasteiger partial charge on any atom is -0.0323 e. The monoisotopic (exact) mass is 136 g/mol. The van der Waals surface area contributed by atoms with Gasteiger partial charge in [0.1, 0.15) is 0 Å². The molecule has 0 saturated carbocycles. The van der Waals surface area contributed by atoms with Crippen LogP contribution in [0.4, 0.5) is 0 Å². The summed E-state index contributed by atoms with van der Waals surface area (Å²) in [6, 6.07) is 0. The molecule has 56 valence electrons. The third-order valence-electron chi connectivity index (χ3n) is 1.25. The van der Waals surface area contributed by atoms with Crippen LogP contribution in [0.15, 0.2) is 37.0 Å². The first-order chi connectivity index (χ1) is 4.77. The van der Waals surface area contributed by atoms with Gasteiger partial charge in [0, 0.05) is 0 Å². The molecule has 0 bridgehead atoms. The molecule has 0 aromatic heterocycles. The molecular formula is C10H16. The van der Waals surface area contributed by atoms with Crippen LogP contribution in [0, 0.1) is 0 Å². The summed E-state index contributed by atoms with van der Waals surface area (Å²) in [6.07, 6.45) is 9.41. The highest BCUT2D eigenvalue weighted by atomic mass is 13.9. The third kappa shape index (κ3) is 7.22. The van der Waals surface area contributed by atoms with Gasteiger partial charge in [-0.3, -0.25) is 0 Å². The quantitative estimate of drug-likeness (QED) is 0.308. The molecule has 0 N–H and O–H groups in total. The van der Waals surface area contributed by atoms with Gasteiger partial charge in [-0.05, 0) is 26.2 Å². The van der Waals surface area contributed by atoms with Crippen LogP contribution in [0.1, 0.15) is 26.2 Å². The van der Waals surface area contributed by atoms with Crippen LogP contribution in [0.25, 0.3) is 0 Å².